The highest BCUT2D eigenvalue weighted by molar-refractivity contribution is 6.09. The molecule has 3 aromatic carbocycles. The summed E-state index contributed by atoms with van der Waals surface area (Å²) in [4.78, 5) is 12.9. The van der Waals surface area contributed by atoms with Crippen molar-refractivity contribution in [2.45, 2.75) is 19.3 Å². The summed E-state index contributed by atoms with van der Waals surface area (Å²) in [5, 5.41) is 12.4. The molecule has 0 aromatic heterocycles. The van der Waals surface area contributed by atoms with Gasteiger partial charge in [-0.1, -0.05) is 42.5 Å². The van der Waals surface area contributed by atoms with Gasteiger partial charge in [-0.05, 0) is 60.2 Å². The molecule has 1 N–H and O–H groups in total. The van der Waals surface area contributed by atoms with Crippen LogP contribution in [-0.2, 0) is 12.8 Å². The van der Waals surface area contributed by atoms with Crippen molar-refractivity contribution >= 4 is 11.6 Å². The quantitative estimate of drug-likeness (QED) is 0.733. The molecule has 126 valence electrons. The second kappa shape index (κ2) is 6.85. The van der Waals surface area contributed by atoms with E-state index in [1.165, 1.54) is 17.5 Å². The smallest absolute Gasteiger partial charge is 0.256 e. The Hall–Kier alpha value is -3.38. The lowest BCUT2D eigenvalue weighted by Crippen LogP contribution is -2.13. The summed E-state index contributed by atoms with van der Waals surface area (Å²) in [6.45, 7) is 0. The van der Waals surface area contributed by atoms with E-state index in [2.05, 4.69) is 23.5 Å². The lowest BCUT2D eigenvalue weighted by molar-refractivity contribution is 0.102. The van der Waals surface area contributed by atoms with E-state index in [4.69, 9.17) is 0 Å². The molecule has 0 unspecified atom stereocenters. The minimum Gasteiger partial charge on any atom is -0.322 e. The number of hydrogen-bond donors (Lipinski definition) is 1. The number of carbonyl (C=O) groups is 1. The lowest BCUT2D eigenvalue weighted by Gasteiger charge is -2.12. The fourth-order valence-electron chi connectivity index (χ4n) is 3.58. The van der Waals surface area contributed by atoms with Gasteiger partial charge in [-0.2, -0.15) is 5.26 Å². The third kappa shape index (κ3) is 2.98. The molecule has 1 aliphatic rings. The van der Waals surface area contributed by atoms with Crippen LogP contribution in [-0.4, -0.2) is 5.91 Å². The maximum Gasteiger partial charge on any atom is 0.256 e. The van der Waals surface area contributed by atoms with E-state index >= 15 is 0 Å². The molecule has 4 rings (SSSR count). The first-order chi connectivity index (χ1) is 12.8. The molecule has 1 aliphatic carbocycles. The Labute approximate surface area is 152 Å². The predicted octanol–water partition coefficient (Wildman–Crippen LogP) is 4.97. The van der Waals surface area contributed by atoms with Gasteiger partial charge in [-0.25, -0.2) is 0 Å². The van der Waals surface area contributed by atoms with Crippen LogP contribution in [0.5, 0.6) is 0 Å². The number of nitrogens with one attached hydrogen (secondary N) is 1. The van der Waals surface area contributed by atoms with Gasteiger partial charge in [0, 0.05) is 16.8 Å². The van der Waals surface area contributed by atoms with E-state index in [1.807, 2.05) is 42.5 Å². The van der Waals surface area contributed by atoms with Crippen molar-refractivity contribution in [2.24, 2.45) is 0 Å². The number of amides is 1. The first-order valence-corrected chi connectivity index (χ1v) is 8.78. The van der Waals surface area contributed by atoms with Gasteiger partial charge in [0.25, 0.3) is 5.91 Å². The van der Waals surface area contributed by atoms with Gasteiger partial charge in [0.2, 0.25) is 0 Å². The monoisotopic (exact) mass is 338 g/mol. The highest BCUT2D eigenvalue weighted by Gasteiger charge is 2.16. The summed E-state index contributed by atoms with van der Waals surface area (Å²) in [6, 6.07) is 23.1. The first-order valence-electron chi connectivity index (χ1n) is 8.78. The van der Waals surface area contributed by atoms with Crippen molar-refractivity contribution in [3.8, 4) is 17.2 Å². The summed E-state index contributed by atoms with van der Waals surface area (Å²) in [7, 11) is 0. The van der Waals surface area contributed by atoms with Crippen LogP contribution >= 0.6 is 0 Å². The average Bonchev–Trinajstić information content (AvgIpc) is 3.15. The van der Waals surface area contributed by atoms with Crippen LogP contribution in [0.1, 0.15) is 33.5 Å². The van der Waals surface area contributed by atoms with Crippen LogP contribution in [0, 0.1) is 11.3 Å². The van der Waals surface area contributed by atoms with Crippen molar-refractivity contribution in [1.29, 1.82) is 5.26 Å². The zero-order chi connectivity index (χ0) is 17.9. The van der Waals surface area contributed by atoms with Gasteiger partial charge < -0.3 is 5.32 Å². The van der Waals surface area contributed by atoms with Gasteiger partial charge in [0.05, 0.1) is 11.6 Å². The van der Waals surface area contributed by atoms with Gasteiger partial charge in [0.15, 0.2) is 0 Å². The number of benzene rings is 3. The van der Waals surface area contributed by atoms with Crippen molar-refractivity contribution in [3.05, 3.63) is 89.0 Å². The topological polar surface area (TPSA) is 52.9 Å². The van der Waals surface area contributed by atoms with Crippen molar-refractivity contribution in [1.82, 2.24) is 0 Å². The number of nitrogens with zero attached hydrogens (tertiary/aromatic N) is 1. The van der Waals surface area contributed by atoms with Gasteiger partial charge in [-0.3, -0.25) is 4.79 Å². The minimum absolute atomic E-state index is 0.161. The highest BCUT2D eigenvalue weighted by Crippen LogP contribution is 2.29. The summed E-state index contributed by atoms with van der Waals surface area (Å²) in [6.07, 6.45) is 3.38. The molecule has 26 heavy (non-hydrogen) atoms. The van der Waals surface area contributed by atoms with Crippen LogP contribution in [0.2, 0.25) is 0 Å². The fraction of sp³-hybridized carbons (Fsp3) is 0.130. The predicted molar refractivity (Wildman–Crippen MR) is 103 cm³/mol. The van der Waals surface area contributed by atoms with Crippen LogP contribution < -0.4 is 5.32 Å². The first kappa shape index (κ1) is 16.1. The summed E-state index contributed by atoms with van der Waals surface area (Å²) in [5.41, 5.74) is 6.19. The average molecular weight is 338 g/mol. The molecule has 0 heterocycles. The molecule has 0 spiro atoms. The SMILES string of the molecule is N#Cc1ccccc1-c1ccccc1C(=O)Nc1ccc2c(c1)CCC2. The molecule has 0 saturated heterocycles. The van der Waals surface area contributed by atoms with E-state index in [0.29, 0.717) is 11.1 Å². The zero-order valence-corrected chi connectivity index (χ0v) is 14.3. The third-order valence-electron chi connectivity index (χ3n) is 4.87. The van der Waals surface area contributed by atoms with E-state index in [-0.39, 0.29) is 5.91 Å². The van der Waals surface area contributed by atoms with Gasteiger partial charge in [0.1, 0.15) is 0 Å². The molecule has 3 aromatic rings. The van der Waals surface area contributed by atoms with E-state index in [1.54, 1.807) is 12.1 Å². The fourth-order valence-corrected chi connectivity index (χ4v) is 3.58. The van der Waals surface area contributed by atoms with Crippen molar-refractivity contribution < 1.29 is 4.79 Å². The van der Waals surface area contributed by atoms with E-state index < -0.39 is 0 Å². The Balaban J connectivity index is 1.68. The second-order valence-electron chi connectivity index (χ2n) is 6.49. The Morgan fingerprint density at radius 2 is 1.62 bits per heavy atom. The Morgan fingerprint density at radius 3 is 2.46 bits per heavy atom. The lowest BCUT2D eigenvalue weighted by atomic mass is 9.95. The van der Waals surface area contributed by atoms with Crippen molar-refractivity contribution in [2.75, 3.05) is 5.32 Å². The molecule has 0 bridgehead atoms. The number of aryl methyl sites for hydroxylation is 2. The molecule has 3 nitrogen and oxygen atoms in total. The molecule has 0 fully saturated rings. The number of anilines is 1. The molecule has 0 radical (unpaired) electrons. The maximum absolute atomic E-state index is 12.9. The number of carbonyl (C=O) groups excluding carboxylic acids is 1. The van der Waals surface area contributed by atoms with Crippen molar-refractivity contribution in [3.63, 3.8) is 0 Å². The van der Waals surface area contributed by atoms with E-state index in [9.17, 15) is 10.1 Å². The zero-order valence-electron chi connectivity index (χ0n) is 14.3. The maximum atomic E-state index is 12.9. The second-order valence-corrected chi connectivity index (χ2v) is 6.49. The normalized spacial score (nSPS) is 12.3. The Bertz CT molecular complexity index is 1030. The van der Waals surface area contributed by atoms with E-state index in [0.717, 1.165) is 29.7 Å². The van der Waals surface area contributed by atoms with Gasteiger partial charge in [-0.15, -0.1) is 0 Å². The van der Waals surface area contributed by atoms with Crippen LogP contribution in [0.25, 0.3) is 11.1 Å². The highest BCUT2D eigenvalue weighted by atomic mass is 16.1. The summed E-state index contributed by atoms with van der Waals surface area (Å²) in [5.74, 6) is -0.161. The molecule has 1 amide bonds. The number of fused-ring (bicyclic) bond motifs is 1. The standard InChI is InChI=1S/C23H18N2O/c24-15-18-6-1-2-9-20(18)21-10-3-4-11-22(21)23(26)25-19-13-12-16-7-5-8-17(16)14-19/h1-4,6,9-14H,5,7-8H2,(H,25,26). The Morgan fingerprint density at radius 1 is 0.885 bits per heavy atom. The summed E-state index contributed by atoms with van der Waals surface area (Å²) >= 11 is 0. The molecular weight excluding hydrogens is 320 g/mol. The van der Waals surface area contributed by atoms with Crippen LogP contribution in [0.15, 0.2) is 66.7 Å². The molecule has 0 atom stereocenters. The number of hydrogen-bond acceptors (Lipinski definition) is 2. The van der Waals surface area contributed by atoms with Crippen LogP contribution in [0.4, 0.5) is 5.69 Å². The molecule has 0 aliphatic heterocycles. The molecular formula is C23H18N2O. The minimum atomic E-state index is -0.161. The molecule has 3 heteroatoms. The van der Waals surface area contributed by atoms with Gasteiger partial charge >= 0.3 is 0 Å². The summed E-state index contributed by atoms with van der Waals surface area (Å²) < 4.78 is 0. The molecule has 0 saturated carbocycles. The largest absolute Gasteiger partial charge is 0.322 e. The third-order valence-corrected chi connectivity index (χ3v) is 4.87. The number of nitriles is 1. The number of rotatable bonds is 3. The van der Waals surface area contributed by atoms with Crippen LogP contribution in [0.3, 0.4) is 0 Å². The Kier molecular flexibility index (Phi) is 4.25.